The van der Waals surface area contributed by atoms with Gasteiger partial charge in [-0.05, 0) is 6.42 Å². The molecule has 1 aliphatic rings. The molecule has 0 saturated carbocycles. The molecule has 2 rings (SSSR count). The quantitative estimate of drug-likeness (QED) is 0.812. The molecule has 1 aromatic heterocycles. The van der Waals surface area contributed by atoms with E-state index in [1.165, 1.54) is 11.3 Å². The van der Waals surface area contributed by atoms with Gasteiger partial charge in [-0.1, -0.05) is 6.92 Å². The summed E-state index contributed by atoms with van der Waals surface area (Å²) in [5.74, 6) is 0.159. The highest BCUT2D eigenvalue weighted by Crippen LogP contribution is 2.21. The summed E-state index contributed by atoms with van der Waals surface area (Å²) in [6.45, 7) is 5.41. The van der Waals surface area contributed by atoms with Gasteiger partial charge in [0.2, 0.25) is 5.91 Å². The van der Waals surface area contributed by atoms with Crippen molar-refractivity contribution in [2.75, 3.05) is 31.9 Å². The molecular weight excluding hydrogens is 236 g/mol. The lowest BCUT2D eigenvalue weighted by Gasteiger charge is -2.27. The molecule has 1 fully saturated rings. The number of carbonyl (C=O) groups excluding carboxylic acids is 1. The Bertz CT molecular complexity index is 398. The second-order valence-electron chi connectivity index (χ2n) is 4.08. The number of thiazole rings is 1. The third-order valence-corrected chi connectivity index (χ3v) is 3.98. The minimum atomic E-state index is 0.159. The predicted molar refractivity (Wildman–Crippen MR) is 69.1 cm³/mol. The van der Waals surface area contributed by atoms with Gasteiger partial charge in [0.1, 0.15) is 0 Å². The van der Waals surface area contributed by atoms with E-state index in [-0.39, 0.29) is 5.91 Å². The largest absolute Gasteiger partial charge is 0.375 e. The third-order valence-electron chi connectivity index (χ3n) is 2.90. The number of piperazine rings is 1. The Labute approximate surface area is 105 Å². The lowest BCUT2D eigenvalue weighted by atomic mass is 10.2. The molecule has 6 heteroatoms. The van der Waals surface area contributed by atoms with Gasteiger partial charge >= 0.3 is 0 Å². The van der Waals surface area contributed by atoms with E-state index in [0.29, 0.717) is 11.6 Å². The maximum absolute atomic E-state index is 12.1. The van der Waals surface area contributed by atoms with Gasteiger partial charge in [0.05, 0.1) is 12.1 Å². The monoisotopic (exact) mass is 254 g/mol. The van der Waals surface area contributed by atoms with E-state index < -0.39 is 0 Å². The number of nitrogens with one attached hydrogen (secondary N) is 1. The molecule has 1 amide bonds. The number of carbonyl (C=O) groups is 1. The van der Waals surface area contributed by atoms with Crippen molar-refractivity contribution in [3.05, 3.63) is 10.6 Å². The Balaban J connectivity index is 2.01. The Morgan fingerprint density at radius 2 is 2.24 bits per heavy atom. The first kappa shape index (κ1) is 12.3. The normalized spacial score (nSPS) is 16.2. The number of hydrogen-bond acceptors (Lipinski definition) is 5. The zero-order chi connectivity index (χ0) is 12.3. The van der Waals surface area contributed by atoms with Gasteiger partial charge in [0.25, 0.3) is 0 Å². The summed E-state index contributed by atoms with van der Waals surface area (Å²) in [7, 11) is 0. The van der Waals surface area contributed by atoms with Crippen LogP contribution in [0, 0.1) is 0 Å². The fourth-order valence-corrected chi connectivity index (χ4v) is 2.78. The van der Waals surface area contributed by atoms with Crippen LogP contribution in [-0.4, -0.2) is 42.0 Å². The van der Waals surface area contributed by atoms with Crippen molar-refractivity contribution >= 4 is 22.4 Å². The standard InChI is InChI=1S/C11H18N4OS/c1-2-9-8(14-11(12)17-9)7-10(16)15-5-3-13-4-6-15/h13H,2-7H2,1H3,(H2,12,14). The van der Waals surface area contributed by atoms with E-state index in [2.05, 4.69) is 17.2 Å². The molecule has 2 heterocycles. The van der Waals surface area contributed by atoms with Gasteiger partial charge in [-0.25, -0.2) is 4.98 Å². The summed E-state index contributed by atoms with van der Waals surface area (Å²) in [4.78, 5) is 19.3. The smallest absolute Gasteiger partial charge is 0.228 e. The number of rotatable bonds is 3. The second kappa shape index (κ2) is 5.46. The molecule has 0 aromatic carbocycles. The molecule has 0 unspecified atom stereocenters. The second-order valence-corrected chi connectivity index (χ2v) is 5.20. The molecule has 0 aliphatic carbocycles. The number of amides is 1. The average Bonchev–Trinajstić information content (AvgIpc) is 2.70. The Morgan fingerprint density at radius 1 is 1.53 bits per heavy atom. The molecule has 5 nitrogen and oxygen atoms in total. The van der Waals surface area contributed by atoms with Crippen molar-refractivity contribution in [1.82, 2.24) is 15.2 Å². The maximum atomic E-state index is 12.1. The minimum Gasteiger partial charge on any atom is -0.375 e. The summed E-state index contributed by atoms with van der Waals surface area (Å²) in [5.41, 5.74) is 6.54. The van der Waals surface area contributed by atoms with E-state index in [1.807, 2.05) is 4.90 Å². The lowest BCUT2D eigenvalue weighted by molar-refractivity contribution is -0.131. The van der Waals surface area contributed by atoms with Gasteiger partial charge in [-0.15, -0.1) is 11.3 Å². The molecule has 3 N–H and O–H groups in total. The summed E-state index contributed by atoms with van der Waals surface area (Å²) in [6.07, 6.45) is 1.27. The van der Waals surface area contributed by atoms with Crippen LogP contribution in [-0.2, 0) is 17.6 Å². The van der Waals surface area contributed by atoms with E-state index in [1.54, 1.807) is 0 Å². The lowest BCUT2D eigenvalue weighted by Crippen LogP contribution is -2.47. The SMILES string of the molecule is CCc1sc(N)nc1CC(=O)N1CCNCC1. The fraction of sp³-hybridized carbons (Fsp3) is 0.636. The molecule has 94 valence electrons. The average molecular weight is 254 g/mol. The van der Waals surface area contributed by atoms with Crippen molar-refractivity contribution in [2.45, 2.75) is 19.8 Å². The van der Waals surface area contributed by atoms with E-state index >= 15 is 0 Å². The molecule has 1 aromatic rings. The van der Waals surface area contributed by atoms with Crippen LogP contribution in [0.1, 0.15) is 17.5 Å². The summed E-state index contributed by atoms with van der Waals surface area (Å²) < 4.78 is 0. The molecule has 0 atom stereocenters. The Hall–Kier alpha value is -1.14. The van der Waals surface area contributed by atoms with Gasteiger partial charge in [-0.3, -0.25) is 4.79 Å². The van der Waals surface area contributed by atoms with Gasteiger partial charge in [-0.2, -0.15) is 0 Å². The molecule has 0 spiro atoms. The van der Waals surface area contributed by atoms with Crippen LogP contribution in [0.5, 0.6) is 0 Å². The van der Waals surface area contributed by atoms with Crippen molar-refractivity contribution in [3.63, 3.8) is 0 Å². The van der Waals surface area contributed by atoms with Crippen LogP contribution in [0.4, 0.5) is 5.13 Å². The third kappa shape index (κ3) is 2.95. The predicted octanol–water partition coefficient (Wildman–Crippen LogP) is 0.262. The van der Waals surface area contributed by atoms with Crippen LogP contribution in [0.2, 0.25) is 0 Å². The minimum absolute atomic E-state index is 0.159. The molecule has 0 radical (unpaired) electrons. The molecule has 1 saturated heterocycles. The Morgan fingerprint density at radius 3 is 2.88 bits per heavy atom. The van der Waals surface area contributed by atoms with Gasteiger partial charge < -0.3 is 16.0 Å². The first-order chi connectivity index (χ1) is 8.20. The van der Waals surface area contributed by atoms with E-state index in [4.69, 9.17) is 5.73 Å². The number of nitrogen functional groups attached to an aromatic ring is 1. The number of nitrogens with two attached hydrogens (primary N) is 1. The zero-order valence-corrected chi connectivity index (χ0v) is 10.8. The molecule has 1 aliphatic heterocycles. The van der Waals surface area contributed by atoms with E-state index in [0.717, 1.165) is 43.2 Å². The van der Waals surface area contributed by atoms with Crippen molar-refractivity contribution in [1.29, 1.82) is 0 Å². The van der Waals surface area contributed by atoms with Crippen LogP contribution >= 0.6 is 11.3 Å². The first-order valence-corrected chi connectivity index (χ1v) is 6.75. The number of nitrogens with zero attached hydrogens (tertiary/aromatic N) is 2. The highest BCUT2D eigenvalue weighted by Gasteiger charge is 2.19. The topological polar surface area (TPSA) is 71.2 Å². The molecular formula is C11H18N4OS. The summed E-state index contributed by atoms with van der Waals surface area (Å²) >= 11 is 1.49. The van der Waals surface area contributed by atoms with Gasteiger partial charge in [0, 0.05) is 31.1 Å². The fourth-order valence-electron chi connectivity index (χ4n) is 1.99. The van der Waals surface area contributed by atoms with Crippen molar-refractivity contribution < 1.29 is 4.79 Å². The zero-order valence-electron chi connectivity index (χ0n) is 10.0. The number of aryl methyl sites for hydroxylation is 1. The highest BCUT2D eigenvalue weighted by atomic mass is 32.1. The van der Waals surface area contributed by atoms with Gasteiger partial charge in [0.15, 0.2) is 5.13 Å². The van der Waals surface area contributed by atoms with Crippen molar-refractivity contribution in [3.8, 4) is 0 Å². The summed E-state index contributed by atoms with van der Waals surface area (Å²) in [6, 6.07) is 0. The van der Waals surface area contributed by atoms with E-state index in [9.17, 15) is 4.79 Å². The van der Waals surface area contributed by atoms with Crippen LogP contribution < -0.4 is 11.1 Å². The van der Waals surface area contributed by atoms with Crippen molar-refractivity contribution in [2.24, 2.45) is 0 Å². The summed E-state index contributed by atoms with van der Waals surface area (Å²) in [5, 5.41) is 3.79. The van der Waals surface area contributed by atoms with Crippen LogP contribution in [0.15, 0.2) is 0 Å². The Kier molecular flexibility index (Phi) is 3.96. The van der Waals surface area contributed by atoms with Crippen LogP contribution in [0.3, 0.4) is 0 Å². The molecule has 0 bridgehead atoms. The highest BCUT2D eigenvalue weighted by molar-refractivity contribution is 7.15. The first-order valence-electron chi connectivity index (χ1n) is 5.93. The number of hydrogen-bond donors (Lipinski definition) is 2. The maximum Gasteiger partial charge on any atom is 0.228 e. The van der Waals surface area contributed by atoms with Crippen LogP contribution in [0.25, 0.3) is 0 Å². The number of anilines is 1. The number of aromatic nitrogens is 1. The molecule has 17 heavy (non-hydrogen) atoms.